The van der Waals surface area contributed by atoms with Crippen LogP contribution >= 0.6 is 22.9 Å². The summed E-state index contributed by atoms with van der Waals surface area (Å²) in [4.78, 5) is 2.54. The molecule has 0 saturated heterocycles. The Morgan fingerprint density at radius 2 is 2.19 bits per heavy atom. The molecule has 2 aromatic heterocycles. The van der Waals surface area contributed by atoms with Crippen molar-refractivity contribution in [2.45, 2.75) is 13.3 Å². The lowest BCUT2D eigenvalue weighted by Crippen LogP contribution is -2.04. The Morgan fingerprint density at radius 1 is 1.29 bits per heavy atom. The SMILES string of the molecule is Cc1ccc(-c2nn(-c3cccc(Cl)c3)c3c2CCN3)s1. The van der Waals surface area contributed by atoms with Crippen molar-refractivity contribution in [2.24, 2.45) is 0 Å². The topological polar surface area (TPSA) is 29.9 Å². The fourth-order valence-corrected chi connectivity index (χ4v) is 3.79. The van der Waals surface area contributed by atoms with Crippen molar-refractivity contribution < 1.29 is 0 Å². The van der Waals surface area contributed by atoms with Crippen molar-refractivity contribution in [1.82, 2.24) is 9.78 Å². The van der Waals surface area contributed by atoms with E-state index in [1.165, 1.54) is 15.3 Å². The van der Waals surface area contributed by atoms with Gasteiger partial charge in [0.2, 0.25) is 0 Å². The standard InChI is InChI=1S/C16H14ClN3S/c1-10-5-6-14(21-10)15-13-7-8-18-16(13)20(19-15)12-4-2-3-11(17)9-12/h2-6,9,18H,7-8H2,1H3. The summed E-state index contributed by atoms with van der Waals surface area (Å²) in [6.45, 7) is 3.09. The van der Waals surface area contributed by atoms with E-state index in [4.69, 9.17) is 16.7 Å². The highest BCUT2D eigenvalue weighted by Crippen LogP contribution is 2.37. The third kappa shape index (κ3) is 2.15. The van der Waals surface area contributed by atoms with Gasteiger partial charge in [-0.2, -0.15) is 5.10 Å². The number of thiophene rings is 1. The van der Waals surface area contributed by atoms with Crippen LogP contribution in [0.5, 0.6) is 0 Å². The van der Waals surface area contributed by atoms with Gasteiger partial charge in [-0.1, -0.05) is 17.7 Å². The molecule has 0 unspecified atom stereocenters. The quantitative estimate of drug-likeness (QED) is 0.753. The van der Waals surface area contributed by atoms with Crippen LogP contribution in [0.25, 0.3) is 16.3 Å². The van der Waals surface area contributed by atoms with Crippen LogP contribution in [0.15, 0.2) is 36.4 Å². The molecule has 0 bridgehead atoms. The van der Waals surface area contributed by atoms with Crippen LogP contribution in [-0.2, 0) is 6.42 Å². The van der Waals surface area contributed by atoms with Crippen LogP contribution in [0, 0.1) is 6.92 Å². The summed E-state index contributed by atoms with van der Waals surface area (Å²) in [6.07, 6.45) is 1.02. The monoisotopic (exact) mass is 315 g/mol. The Balaban J connectivity index is 1.90. The zero-order valence-electron chi connectivity index (χ0n) is 11.6. The van der Waals surface area contributed by atoms with Gasteiger partial charge in [0.15, 0.2) is 0 Å². The van der Waals surface area contributed by atoms with E-state index in [2.05, 4.69) is 24.4 Å². The molecule has 0 spiro atoms. The molecule has 3 aromatic rings. The fraction of sp³-hybridized carbons (Fsp3) is 0.188. The third-order valence-corrected chi connectivity index (χ3v) is 4.92. The van der Waals surface area contributed by atoms with E-state index in [0.717, 1.165) is 35.2 Å². The molecule has 5 heteroatoms. The predicted octanol–water partition coefficient (Wildman–Crippen LogP) is 4.53. The van der Waals surface area contributed by atoms with Crippen molar-refractivity contribution in [3.8, 4) is 16.3 Å². The van der Waals surface area contributed by atoms with Crippen molar-refractivity contribution in [3.63, 3.8) is 0 Å². The number of hydrogen-bond donors (Lipinski definition) is 1. The van der Waals surface area contributed by atoms with Gasteiger partial charge in [0.1, 0.15) is 11.5 Å². The Hall–Kier alpha value is -1.78. The predicted molar refractivity (Wildman–Crippen MR) is 88.8 cm³/mol. The number of benzene rings is 1. The summed E-state index contributed by atoms with van der Waals surface area (Å²) < 4.78 is 1.97. The third-order valence-electron chi connectivity index (χ3n) is 3.68. The van der Waals surface area contributed by atoms with E-state index in [9.17, 15) is 0 Å². The lowest BCUT2D eigenvalue weighted by Gasteiger charge is -2.06. The minimum absolute atomic E-state index is 0.725. The van der Waals surface area contributed by atoms with Crippen LogP contribution in [0.1, 0.15) is 10.4 Å². The summed E-state index contributed by atoms with van der Waals surface area (Å²) >= 11 is 7.90. The smallest absolute Gasteiger partial charge is 0.133 e. The molecule has 4 rings (SSSR count). The summed E-state index contributed by atoms with van der Waals surface area (Å²) in [5.41, 5.74) is 3.39. The Labute approximate surface area is 132 Å². The first-order chi connectivity index (χ1) is 10.2. The van der Waals surface area contributed by atoms with Crippen LogP contribution in [0.2, 0.25) is 5.02 Å². The molecule has 1 aliphatic rings. The van der Waals surface area contributed by atoms with Crippen molar-refractivity contribution >= 4 is 28.8 Å². The van der Waals surface area contributed by atoms with E-state index >= 15 is 0 Å². The number of aryl methyl sites for hydroxylation is 1. The molecule has 0 saturated carbocycles. The van der Waals surface area contributed by atoms with E-state index in [1.807, 2.05) is 28.9 Å². The maximum absolute atomic E-state index is 6.11. The highest BCUT2D eigenvalue weighted by atomic mass is 35.5. The maximum Gasteiger partial charge on any atom is 0.133 e. The second kappa shape index (κ2) is 4.90. The molecule has 0 fully saturated rings. The van der Waals surface area contributed by atoms with Gasteiger partial charge in [0.05, 0.1) is 10.6 Å². The minimum atomic E-state index is 0.725. The van der Waals surface area contributed by atoms with Crippen molar-refractivity contribution in [1.29, 1.82) is 0 Å². The summed E-state index contributed by atoms with van der Waals surface area (Å²) in [7, 11) is 0. The first-order valence-electron chi connectivity index (χ1n) is 6.91. The molecule has 0 atom stereocenters. The minimum Gasteiger partial charge on any atom is -0.369 e. The Kier molecular flexibility index (Phi) is 3.01. The second-order valence-electron chi connectivity index (χ2n) is 5.15. The summed E-state index contributed by atoms with van der Waals surface area (Å²) in [5, 5.41) is 9.00. The highest BCUT2D eigenvalue weighted by Gasteiger charge is 2.24. The van der Waals surface area contributed by atoms with Crippen LogP contribution in [0.3, 0.4) is 0 Å². The molecule has 3 nitrogen and oxygen atoms in total. The number of nitrogens with zero attached hydrogens (tertiary/aromatic N) is 2. The average Bonchev–Trinajstić information content (AvgIpc) is 3.14. The Morgan fingerprint density at radius 3 is 2.95 bits per heavy atom. The number of fused-ring (bicyclic) bond motifs is 1. The van der Waals surface area contributed by atoms with Gasteiger partial charge in [-0.05, 0) is 43.7 Å². The van der Waals surface area contributed by atoms with Gasteiger partial charge in [0.25, 0.3) is 0 Å². The molecule has 1 aliphatic heterocycles. The molecule has 106 valence electrons. The van der Waals surface area contributed by atoms with Crippen LogP contribution in [0.4, 0.5) is 5.82 Å². The summed E-state index contributed by atoms with van der Waals surface area (Å²) in [6, 6.07) is 12.1. The van der Waals surface area contributed by atoms with Crippen molar-refractivity contribution in [2.75, 3.05) is 11.9 Å². The molecule has 0 aliphatic carbocycles. The normalized spacial score (nSPS) is 13.2. The molecule has 0 radical (unpaired) electrons. The van der Waals surface area contributed by atoms with E-state index in [1.54, 1.807) is 11.3 Å². The lowest BCUT2D eigenvalue weighted by atomic mass is 10.2. The molecular formula is C16H14ClN3S. The zero-order chi connectivity index (χ0) is 14.4. The van der Waals surface area contributed by atoms with Gasteiger partial charge in [0, 0.05) is 22.0 Å². The summed E-state index contributed by atoms with van der Waals surface area (Å²) in [5.74, 6) is 1.10. The molecule has 3 heterocycles. The zero-order valence-corrected chi connectivity index (χ0v) is 13.1. The van der Waals surface area contributed by atoms with Gasteiger partial charge in [-0.25, -0.2) is 4.68 Å². The number of halogens is 1. The molecule has 1 aromatic carbocycles. The maximum atomic E-state index is 6.11. The first kappa shape index (κ1) is 12.9. The molecule has 1 N–H and O–H groups in total. The van der Waals surface area contributed by atoms with Crippen LogP contribution < -0.4 is 5.32 Å². The molecular weight excluding hydrogens is 302 g/mol. The first-order valence-corrected chi connectivity index (χ1v) is 8.10. The number of aromatic nitrogens is 2. The van der Waals surface area contributed by atoms with E-state index in [-0.39, 0.29) is 0 Å². The fourth-order valence-electron chi connectivity index (χ4n) is 2.73. The van der Waals surface area contributed by atoms with E-state index < -0.39 is 0 Å². The van der Waals surface area contributed by atoms with Gasteiger partial charge >= 0.3 is 0 Å². The van der Waals surface area contributed by atoms with Gasteiger partial charge in [-0.3, -0.25) is 0 Å². The number of hydrogen-bond acceptors (Lipinski definition) is 3. The Bertz CT molecular complexity index is 819. The average molecular weight is 316 g/mol. The number of rotatable bonds is 2. The molecule has 0 amide bonds. The lowest BCUT2D eigenvalue weighted by molar-refractivity contribution is 0.883. The van der Waals surface area contributed by atoms with Gasteiger partial charge in [-0.15, -0.1) is 11.3 Å². The highest BCUT2D eigenvalue weighted by molar-refractivity contribution is 7.15. The molecule has 21 heavy (non-hydrogen) atoms. The number of anilines is 1. The van der Waals surface area contributed by atoms with Crippen molar-refractivity contribution in [3.05, 3.63) is 51.9 Å². The second-order valence-corrected chi connectivity index (χ2v) is 6.88. The van der Waals surface area contributed by atoms with Gasteiger partial charge < -0.3 is 5.32 Å². The number of nitrogens with one attached hydrogen (secondary N) is 1. The van der Waals surface area contributed by atoms with Crippen LogP contribution in [-0.4, -0.2) is 16.3 Å². The van der Waals surface area contributed by atoms with E-state index in [0.29, 0.717) is 0 Å². The largest absolute Gasteiger partial charge is 0.369 e.